The number of carbonyl (C=O) groups is 1. The van der Waals surface area contributed by atoms with Crippen LogP contribution in [0.4, 0.5) is 9.18 Å². The summed E-state index contributed by atoms with van der Waals surface area (Å²) < 4.78 is 23.2. The highest BCUT2D eigenvalue weighted by Gasteiger charge is 2.25. The van der Waals surface area contributed by atoms with Gasteiger partial charge >= 0.3 is 6.09 Å². The van der Waals surface area contributed by atoms with Gasteiger partial charge in [-0.3, -0.25) is 9.47 Å². The van der Waals surface area contributed by atoms with Crippen molar-refractivity contribution in [2.24, 2.45) is 0 Å². The van der Waals surface area contributed by atoms with Gasteiger partial charge in [0.15, 0.2) is 4.77 Å². The molecule has 0 bridgehead atoms. The molecule has 27 heavy (non-hydrogen) atoms. The Morgan fingerprint density at radius 3 is 2.52 bits per heavy atom. The molecule has 8 heteroatoms. The van der Waals surface area contributed by atoms with Crippen LogP contribution in [0.3, 0.4) is 0 Å². The Balaban J connectivity index is 1.60. The van der Waals surface area contributed by atoms with Gasteiger partial charge in [0.2, 0.25) is 0 Å². The number of imidazole rings is 1. The van der Waals surface area contributed by atoms with Gasteiger partial charge in [0.25, 0.3) is 0 Å². The Bertz CT molecular complexity index is 863. The van der Waals surface area contributed by atoms with E-state index in [0.717, 1.165) is 13.1 Å². The van der Waals surface area contributed by atoms with Crippen LogP contribution in [-0.2, 0) is 11.4 Å². The predicted octanol–water partition coefficient (Wildman–Crippen LogP) is 3.66. The van der Waals surface area contributed by atoms with Crippen molar-refractivity contribution in [2.45, 2.75) is 33.0 Å². The number of carbonyl (C=O) groups excluding carboxylic acids is 1. The van der Waals surface area contributed by atoms with E-state index < -0.39 is 5.60 Å². The normalized spacial score (nSPS) is 15.8. The summed E-state index contributed by atoms with van der Waals surface area (Å²) in [5, 5.41) is 0. The number of hydrogen-bond acceptors (Lipinski definition) is 4. The molecule has 3 rings (SSSR count). The second-order valence-electron chi connectivity index (χ2n) is 7.63. The number of ether oxygens (including phenoxy) is 1. The molecule has 0 atom stereocenters. The zero-order valence-corrected chi connectivity index (χ0v) is 16.7. The average molecular weight is 393 g/mol. The summed E-state index contributed by atoms with van der Waals surface area (Å²) >= 11 is 5.54. The smallest absolute Gasteiger partial charge is 0.410 e. The lowest BCUT2D eigenvalue weighted by atomic mass is 10.2. The molecule has 1 aliphatic rings. The number of nitrogens with zero attached hydrogens (tertiary/aromatic N) is 4. The van der Waals surface area contributed by atoms with Crippen LogP contribution >= 0.6 is 12.2 Å². The van der Waals surface area contributed by atoms with Gasteiger partial charge in [0, 0.05) is 38.6 Å². The Morgan fingerprint density at radius 1 is 1.19 bits per heavy atom. The highest BCUT2D eigenvalue weighted by molar-refractivity contribution is 7.71. The van der Waals surface area contributed by atoms with Crippen LogP contribution in [0.1, 0.15) is 20.8 Å². The van der Waals surface area contributed by atoms with Crippen LogP contribution in [0.5, 0.6) is 0 Å². The molecule has 1 aromatic carbocycles. The van der Waals surface area contributed by atoms with E-state index in [1.807, 2.05) is 43.8 Å². The summed E-state index contributed by atoms with van der Waals surface area (Å²) in [6, 6.07) is 6.36. The first kappa shape index (κ1) is 19.6. The van der Waals surface area contributed by atoms with E-state index in [-0.39, 0.29) is 11.9 Å². The maximum Gasteiger partial charge on any atom is 0.410 e. The summed E-state index contributed by atoms with van der Waals surface area (Å²) in [6.45, 7) is 8.95. The van der Waals surface area contributed by atoms with E-state index in [1.54, 1.807) is 15.5 Å². The zero-order chi connectivity index (χ0) is 19.6. The van der Waals surface area contributed by atoms with E-state index in [1.165, 1.54) is 12.1 Å². The number of hydrogen-bond donors (Lipinski definition) is 0. The molecule has 2 aromatic rings. The summed E-state index contributed by atoms with van der Waals surface area (Å²) in [4.78, 5) is 16.1. The zero-order valence-electron chi connectivity index (χ0n) is 15.9. The molecule has 1 fully saturated rings. The summed E-state index contributed by atoms with van der Waals surface area (Å²) in [5.41, 5.74) is 0.217. The van der Waals surface area contributed by atoms with Gasteiger partial charge in [-0.1, -0.05) is 6.07 Å². The van der Waals surface area contributed by atoms with Crippen molar-refractivity contribution in [1.29, 1.82) is 0 Å². The van der Waals surface area contributed by atoms with E-state index >= 15 is 0 Å². The number of benzene rings is 1. The molecule has 1 aromatic heterocycles. The fraction of sp³-hybridized carbons (Fsp3) is 0.474. The monoisotopic (exact) mass is 392 g/mol. The van der Waals surface area contributed by atoms with Gasteiger partial charge in [-0.25, -0.2) is 9.18 Å². The standard InChI is InChI=1S/C19H25FN4O2S/c1-19(2,3)26-18(25)22-9-7-21(8-10-22)14-23-11-12-24(17(23)27)16-6-4-5-15(20)13-16/h4-6,11-13H,7-10,14H2,1-3H3. The number of halogens is 1. The molecule has 0 spiro atoms. The van der Waals surface area contributed by atoms with Crippen molar-refractivity contribution in [3.05, 3.63) is 47.2 Å². The number of aromatic nitrogens is 2. The first-order chi connectivity index (χ1) is 12.7. The molecule has 1 aliphatic heterocycles. The highest BCUT2D eigenvalue weighted by atomic mass is 32.1. The van der Waals surface area contributed by atoms with Crippen molar-refractivity contribution in [1.82, 2.24) is 18.9 Å². The topological polar surface area (TPSA) is 42.6 Å². The van der Waals surface area contributed by atoms with Crippen molar-refractivity contribution in [3.63, 3.8) is 0 Å². The molecular formula is C19H25FN4O2S. The molecule has 0 N–H and O–H groups in total. The third kappa shape index (κ3) is 4.95. The van der Waals surface area contributed by atoms with Gasteiger partial charge in [0.05, 0.1) is 12.4 Å². The molecule has 0 aliphatic carbocycles. The molecule has 1 saturated heterocycles. The van der Waals surface area contributed by atoms with E-state index in [4.69, 9.17) is 17.0 Å². The molecule has 2 heterocycles. The average Bonchev–Trinajstić information content (AvgIpc) is 2.95. The molecule has 6 nitrogen and oxygen atoms in total. The van der Waals surface area contributed by atoms with Gasteiger partial charge in [-0.2, -0.15) is 0 Å². The maximum atomic E-state index is 13.5. The lowest BCUT2D eigenvalue weighted by molar-refractivity contribution is 0.0118. The SMILES string of the molecule is CC(C)(C)OC(=O)N1CCN(Cn2ccn(-c3cccc(F)c3)c2=S)CC1. The first-order valence-corrected chi connectivity index (χ1v) is 9.38. The minimum Gasteiger partial charge on any atom is -0.444 e. The van der Waals surface area contributed by atoms with Crippen molar-refractivity contribution in [3.8, 4) is 5.69 Å². The van der Waals surface area contributed by atoms with Crippen molar-refractivity contribution >= 4 is 18.3 Å². The fourth-order valence-electron chi connectivity index (χ4n) is 2.96. The summed E-state index contributed by atoms with van der Waals surface area (Å²) in [6.07, 6.45) is 3.47. The first-order valence-electron chi connectivity index (χ1n) is 8.97. The van der Waals surface area contributed by atoms with Gasteiger partial charge in [-0.15, -0.1) is 0 Å². The Hall–Kier alpha value is -2.19. The molecule has 0 saturated carbocycles. The molecular weight excluding hydrogens is 367 g/mol. The minimum atomic E-state index is -0.485. The van der Waals surface area contributed by atoms with Gasteiger partial charge in [0.1, 0.15) is 11.4 Å². The van der Waals surface area contributed by atoms with Crippen LogP contribution in [-0.4, -0.2) is 56.8 Å². The van der Waals surface area contributed by atoms with Crippen LogP contribution < -0.4 is 0 Å². The van der Waals surface area contributed by atoms with Crippen LogP contribution in [0.15, 0.2) is 36.7 Å². The van der Waals surface area contributed by atoms with Crippen molar-refractivity contribution < 1.29 is 13.9 Å². The van der Waals surface area contributed by atoms with Crippen LogP contribution in [0.2, 0.25) is 0 Å². The predicted molar refractivity (Wildman–Crippen MR) is 104 cm³/mol. The van der Waals surface area contributed by atoms with Crippen LogP contribution in [0, 0.1) is 10.6 Å². The second-order valence-corrected chi connectivity index (χ2v) is 7.99. The summed E-state index contributed by atoms with van der Waals surface area (Å²) in [5.74, 6) is -0.291. The largest absolute Gasteiger partial charge is 0.444 e. The van der Waals surface area contributed by atoms with Gasteiger partial charge < -0.3 is 14.2 Å². The molecule has 0 unspecified atom stereocenters. The summed E-state index contributed by atoms with van der Waals surface area (Å²) in [7, 11) is 0. The maximum absolute atomic E-state index is 13.5. The molecule has 1 amide bonds. The number of rotatable bonds is 3. The quantitative estimate of drug-likeness (QED) is 0.748. The van der Waals surface area contributed by atoms with E-state index in [9.17, 15) is 9.18 Å². The van der Waals surface area contributed by atoms with Crippen molar-refractivity contribution in [2.75, 3.05) is 26.2 Å². The van der Waals surface area contributed by atoms with Gasteiger partial charge in [-0.05, 0) is 51.2 Å². The van der Waals surface area contributed by atoms with E-state index in [0.29, 0.717) is 30.2 Å². The Morgan fingerprint density at radius 2 is 1.89 bits per heavy atom. The third-order valence-corrected chi connectivity index (χ3v) is 4.74. The molecule has 146 valence electrons. The minimum absolute atomic E-state index is 0.268. The lowest BCUT2D eigenvalue weighted by Crippen LogP contribution is -2.50. The van der Waals surface area contributed by atoms with E-state index in [2.05, 4.69) is 4.90 Å². The highest BCUT2D eigenvalue weighted by Crippen LogP contribution is 2.14. The molecule has 0 radical (unpaired) electrons. The van der Waals surface area contributed by atoms with Crippen LogP contribution in [0.25, 0.3) is 5.69 Å². The Labute approximate surface area is 163 Å². The second kappa shape index (κ2) is 7.82. The number of amides is 1. The lowest BCUT2D eigenvalue weighted by Gasteiger charge is -2.35. The Kier molecular flexibility index (Phi) is 5.67. The third-order valence-electron chi connectivity index (χ3n) is 4.31. The fourth-order valence-corrected chi connectivity index (χ4v) is 3.24. The number of piperazine rings is 1.